The second-order valence-corrected chi connectivity index (χ2v) is 5.58. The first-order valence-electron chi connectivity index (χ1n) is 7.13. The van der Waals surface area contributed by atoms with E-state index >= 15 is 0 Å². The summed E-state index contributed by atoms with van der Waals surface area (Å²) in [6, 6.07) is 7.75. The van der Waals surface area contributed by atoms with Crippen molar-refractivity contribution in [1.29, 1.82) is 0 Å². The van der Waals surface area contributed by atoms with E-state index in [0.29, 0.717) is 13.1 Å². The molecule has 110 valence electrons. The number of carbonyl (C=O) groups is 1. The first kappa shape index (κ1) is 14.9. The van der Waals surface area contributed by atoms with Crippen LogP contribution in [-0.4, -0.2) is 42.2 Å². The van der Waals surface area contributed by atoms with Crippen LogP contribution in [0.15, 0.2) is 24.3 Å². The molecule has 1 aliphatic heterocycles. The standard InChI is InChI=1S/C16H23NO3/c1-11-6-5-7-15(8-11)20-14(4)16(18)17-9-12(2)19-13(3)10-17/h5-8,12-14H,9-10H2,1-4H3/t12-,13-,14+/m1/s1. The van der Waals surface area contributed by atoms with Crippen molar-refractivity contribution in [3.05, 3.63) is 29.8 Å². The van der Waals surface area contributed by atoms with Gasteiger partial charge in [0.25, 0.3) is 5.91 Å². The van der Waals surface area contributed by atoms with Gasteiger partial charge >= 0.3 is 0 Å². The van der Waals surface area contributed by atoms with Crippen LogP contribution >= 0.6 is 0 Å². The van der Waals surface area contributed by atoms with Crippen LogP contribution in [0.2, 0.25) is 0 Å². The maximum atomic E-state index is 12.4. The lowest BCUT2D eigenvalue weighted by molar-refractivity contribution is -0.149. The number of benzene rings is 1. The molecule has 4 heteroatoms. The Hall–Kier alpha value is -1.55. The average molecular weight is 277 g/mol. The Morgan fingerprint density at radius 2 is 2.00 bits per heavy atom. The van der Waals surface area contributed by atoms with Gasteiger partial charge in [0.1, 0.15) is 5.75 Å². The van der Waals surface area contributed by atoms with Gasteiger partial charge in [-0.25, -0.2) is 0 Å². The maximum Gasteiger partial charge on any atom is 0.263 e. The number of amides is 1. The van der Waals surface area contributed by atoms with Crippen LogP contribution in [0.5, 0.6) is 5.75 Å². The molecule has 0 saturated carbocycles. The van der Waals surface area contributed by atoms with Crippen molar-refractivity contribution in [3.8, 4) is 5.75 Å². The molecule has 0 radical (unpaired) electrons. The molecule has 1 fully saturated rings. The topological polar surface area (TPSA) is 38.8 Å². The summed E-state index contributed by atoms with van der Waals surface area (Å²) in [6.07, 6.45) is -0.322. The van der Waals surface area contributed by atoms with Crippen LogP contribution in [0.3, 0.4) is 0 Å². The highest BCUT2D eigenvalue weighted by molar-refractivity contribution is 5.81. The molecule has 0 aliphatic carbocycles. The first-order chi connectivity index (χ1) is 9.45. The van der Waals surface area contributed by atoms with Crippen molar-refractivity contribution in [2.75, 3.05) is 13.1 Å². The zero-order valence-corrected chi connectivity index (χ0v) is 12.6. The lowest BCUT2D eigenvalue weighted by Gasteiger charge is -2.36. The van der Waals surface area contributed by atoms with Gasteiger partial charge in [0.05, 0.1) is 12.2 Å². The van der Waals surface area contributed by atoms with Crippen molar-refractivity contribution in [2.24, 2.45) is 0 Å². The van der Waals surface area contributed by atoms with E-state index in [1.165, 1.54) is 0 Å². The minimum Gasteiger partial charge on any atom is -0.481 e. The van der Waals surface area contributed by atoms with Crippen LogP contribution in [-0.2, 0) is 9.53 Å². The molecule has 4 nitrogen and oxygen atoms in total. The summed E-state index contributed by atoms with van der Waals surface area (Å²) in [4.78, 5) is 14.3. The van der Waals surface area contributed by atoms with E-state index in [4.69, 9.17) is 9.47 Å². The summed E-state index contributed by atoms with van der Waals surface area (Å²) in [5.41, 5.74) is 1.12. The van der Waals surface area contributed by atoms with Gasteiger partial charge in [0.15, 0.2) is 6.10 Å². The van der Waals surface area contributed by atoms with Crippen molar-refractivity contribution in [1.82, 2.24) is 4.90 Å². The third-order valence-electron chi connectivity index (χ3n) is 3.38. The van der Waals surface area contributed by atoms with Gasteiger partial charge in [0, 0.05) is 13.1 Å². The SMILES string of the molecule is Cc1cccc(O[C@@H](C)C(=O)N2C[C@@H](C)O[C@H](C)C2)c1. The van der Waals surface area contributed by atoms with Gasteiger partial charge < -0.3 is 14.4 Å². The molecule has 0 bridgehead atoms. The van der Waals surface area contributed by atoms with Crippen LogP contribution in [0.4, 0.5) is 0 Å². The van der Waals surface area contributed by atoms with E-state index in [9.17, 15) is 4.79 Å². The Morgan fingerprint density at radius 1 is 1.35 bits per heavy atom. The number of nitrogens with zero attached hydrogens (tertiary/aromatic N) is 1. The molecule has 1 aromatic rings. The number of rotatable bonds is 3. The Balaban J connectivity index is 1.98. The Bertz CT molecular complexity index is 465. The number of ether oxygens (including phenoxy) is 2. The summed E-state index contributed by atoms with van der Waals surface area (Å²) in [5.74, 6) is 0.758. The van der Waals surface area contributed by atoms with Crippen molar-refractivity contribution >= 4 is 5.91 Å². The molecule has 0 N–H and O–H groups in total. The summed E-state index contributed by atoms with van der Waals surface area (Å²) in [5, 5.41) is 0. The van der Waals surface area contributed by atoms with Crippen LogP contribution in [0.25, 0.3) is 0 Å². The minimum absolute atomic E-state index is 0.0218. The molecule has 0 aromatic heterocycles. The molecular weight excluding hydrogens is 254 g/mol. The molecule has 1 saturated heterocycles. The van der Waals surface area contributed by atoms with Gasteiger partial charge in [-0.3, -0.25) is 4.79 Å². The maximum absolute atomic E-state index is 12.4. The van der Waals surface area contributed by atoms with Crippen molar-refractivity contribution < 1.29 is 14.3 Å². The van der Waals surface area contributed by atoms with Crippen LogP contribution in [0, 0.1) is 6.92 Å². The van der Waals surface area contributed by atoms with Gasteiger partial charge in [-0.15, -0.1) is 0 Å². The number of morpholine rings is 1. The number of carbonyl (C=O) groups excluding carboxylic acids is 1. The second-order valence-electron chi connectivity index (χ2n) is 5.58. The average Bonchev–Trinajstić information content (AvgIpc) is 2.36. The Kier molecular flexibility index (Phi) is 4.65. The van der Waals surface area contributed by atoms with E-state index in [1.54, 1.807) is 6.92 Å². The fourth-order valence-electron chi connectivity index (χ4n) is 2.56. The number of aryl methyl sites for hydroxylation is 1. The zero-order chi connectivity index (χ0) is 14.7. The molecule has 0 unspecified atom stereocenters. The molecule has 1 heterocycles. The molecule has 20 heavy (non-hydrogen) atoms. The Morgan fingerprint density at radius 3 is 2.60 bits per heavy atom. The Labute approximate surface area is 120 Å². The van der Waals surface area contributed by atoms with Crippen molar-refractivity contribution in [2.45, 2.75) is 46.0 Å². The van der Waals surface area contributed by atoms with E-state index in [2.05, 4.69) is 0 Å². The number of hydrogen-bond acceptors (Lipinski definition) is 3. The van der Waals surface area contributed by atoms with Gasteiger partial charge in [-0.2, -0.15) is 0 Å². The number of hydrogen-bond donors (Lipinski definition) is 0. The fourth-order valence-corrected chi connectivity index (χ4v) is 2.56. The molecular formula is C16H23NO3. The van der Waals surface area contributed by atoms with Crippen LogP contribution in [0.1, 0.15) is 26.3 Å². The zero-order valence-electron chi connectivity index (χ0n) is 12.6. The quantitative estimate of drug-likeness (QED) is 0.851. The van der Waals surface area contributed by atoms with Gasteiger partial charge in [-0.05, 0) is 45.4 Å². The summed E-state index contributed by atoms with van der Waals surface area (Å²) in [7, 11) is 0. The molecule has 1 aliphatic rings. The minimum atomic E-state index is -0.478. The van der Waals surface area contributed by atoms with Gasteiger partial charge in [-0.1, -0.05) is 12.1 Å². The molecule has 1 aromatic carbocycles. The predicted octanol–water partition coefficient (Wildman–Crippen LogP) is 2.40. The smallest absolute Gasteiger partial charge is 0.263 e. The summed E-state index contributed by atoms with van der Waals surface area (Å²) in [6.45, 7) is 9.04. The second kappa shape index (κ2) is 6.27. The third kappa shape index (κ3) is 3.73. The summed E-state index contributed by atoms with van der Waals surface area (Å²) >= 11 is 0. The highest BCUT2D eigenvalue weighted by atomic mass is 16.5. The van der Waals surface area contributed by atoms with E-state index < -0.39 is 6.10 Å². The first-order valence-corrected chi connectivity index (χ1v) is 7.13. The molecule has 0 spiro atoms. The lowest BCUT2D eigenvalue weighted by atomic mass is 10.2. The monoisotopic (exact) mass is 277 g/mol. The molecule has 2 rings (SSSR count). The largest absolute Gasteiger partial charge is 0.481 e. The van der Waals surface area contributed by atoms with E-state index in [1.807, 2.05) is 49.9 Å². The third-order valence-corrected chi connectivity index (χ3v) is 3.38. The van der Waals surface area contributed by atoms with Crippen molar-refractivity contribution in [3.63, 3.8) is 0 Å². The van der Waals surface area contributed by atoms with Crippen LogP contribution < -0.4 is 4.74 Å². The van der Waals surface area contributed by atoms with E-state index in [-0.39, 0.29) is 18.1 Å². The van der Waals surface area contributed by atoms with Gasteiger partial charge in [0.2, 0.25) is 0 Å². The molecule has 1 amide bonds. The normalized spacial score (nSPS) is 24.3. The van der Waals surface area contributed by atoms with E-state index in [0.717, 1.165) is 11.3 Å². The highest BCUT2D eigenvalue weighted by Gasteiger charge is 2.29. The highest BCUT2D eigenvalue weighted by Crippen LogP contribution is 2.17. The fraction of sp³-hybridized carbons (Fsp3) is 0.562. The molecule has 3 atom stereocenters. The lowest BCUT2D eigenvalue weighted by Crippen LogP contribution is -2.51. The predicted molar refractivity (Wildman–Crippen MR) is 77.9 cm³/mol. The summed E-state index contributed by atoms with van der Waals surface area (Å²) < 4.78 is 11.4.